The average molecular weight is 180 g/mol. The number of pyridine rings is 1. The van der Waals surface area contributed by atoms with Crippen LogP contribution in [0.3, 0.4) is 0 Å². The van der Waals surface area contributed by atoms with Crippen LogP contribution in [0, 0.1) is 17.1 Å². The maximum absolute atomic E-state index is 13.1. The minimum absolute atomic E-state index is 0.0611. The summed E-state index contributed by atoms with van der Waals surface area (Å²) in [5, 5.41) is 8.44. The molecule has 0 saturated carbocycles. The van der Waals surface area contributed by atoms with E-state index in [0.29, 0.717) is 0 Å². The largest absolute Gasteiger partial charge is 0.473 e. The first kappa shape index (κ1) is 9.46. The highest BCUT2D eigenvalue weighted by Crippen LogP contribution is 2.15. The normalized spacial score (nSPS) is 9.77. The molecule has 0 spiro atoms. The molecule has 1 aromatic heterocycles. The van der Waals surface area contributed by atoms with Crippen LogP contribution in [-0.2, 0) is 0 Å². The first-order valence-electron chi connectivity index (χ1n) is 3.85. The molecule has 0 fully saturated rings. The molecular weight excluding hydrogens is 171 g/mol. The van der Waals surface area contributed by atoms with Gasteiger partial charge in [0.05, 0.1) is 11.7 Å². The minimum Gasteiger partial charge on any atom is -0.473 e. The summed E-state index contributed by atoms with van der Waals surface area (Å²) >= 11 is 0. The molecule has 68 valence electrons. The molecule has 0 saturated heterocycles. The van der Waals surface area contributed by atoms with Gasteiger partial charge in [-0.2, -0.15) is 5.26 Å². The molecule has 0 N–H and O–H groups in total. The lowest BCUT2D eigenvalue weighted by atomic mass is 10.3. The van der Waals surface area contributed by atoms with Gasteiger partial charge in [-0.15, -0.1) is 0 Å². The van der Waals surface area contributed by atoms with E-state index >= 15 is 0 Å². The fourth-order valence-electron chi connectivity index (χ4n) is 0.796. The van der Waals surface area contributed by atoms with Crippen molar-refractivity contribution in [2.75, 3.05) is 0 Å². The van der Waals surface area contributed by atoms with Crippen LogP contribution in [0.5, 0.6) is 5.88 Å². The Morgan fingerprint density at radius 3 is 2.77 bits per heavy atom. The molecular formula is C9H9FN2O. The maximum atomic E-state index is 13.1. The Morgan fingerprint density at radius 2 is 2.31 bits per heavy atom. The van der Waals surface area contributed by atoms with Gasteiger partial charge >= 0.3 is 0 Å². The lowest BCUT2D eigenvalue weighted by molar-refractivity contribution is 0.220. The van der Waals surface area contributed by atoms with Crippen molar-refractivity contribution in [1.82, 2.24) is 4.98 Å². The highest BCUT2D eigenvalue weighted by Gasteiger charge is 2.07. The smallest absolute Gasteiger partial charge is 0.250 e. The molecule has 13 heavy (non-hydrogen) atoms. The second kappa shape index (κ2) is 3.85. The van der Waals surface area contributed by atoms with Gasteiger partial charge < -0.3 is 4.74 Å². The Bertz CT molecular complexity index is 344. The van der Waals surface area contributed by atoms with Gasteiger partial charge in [0.1, 0.15) is 6.07 Å². The number of hydrogen-bond acceptors (Lipinski definition) is 3. The van der Waals surface area contributed by atoms with Gasteiger partial charge in [-0.1, -0.05) is 0 Å². The highest BCUT2D eigenvalue weighted by molar-refractivity contribution is 5.29. The molecule has 0 atom stereocenters. The fourth-order valence-corrected chi connectivity index (χ4v) is 0.796. The standard InChI is InChI=1S/C9H9FN2O/c1-6(2)13-9-8(10)3-7(4-11)5-12-9/h3,5-6H,1-2H3. The Balaban J connectivity index is 2.93. The third-order valence-electron chi connectivity index (χ3n) is 1.28. The van der Waals surface area contributed by atoms with Crippen molar-refractivity contribution < 1.29 is 9.13 Å². The van der Waals surface area contributed by atoms with Crippen LogP contribution in [0.25, 0.3) is 0 Å². The van der Waals surface area contributed by atoms with Gasteiger partial charge in [0.25, 0.3) is 5.88 Å². The van der Waals surface area contributed by atoms with Crippen LogP contribution >= 0.6 is 0 Å². The Hall–Kier alpha value is -1.63. The maximum Gasteiger partial charge on any atom is 0.250 e. The van der Waals surface area contributed by atoms with E-state index in [1.165, 1.54) is 6.20 Å². The first-order chi connectivity index (χ1) is 6.13. The first-order valence-corrected chi connectivity index (χ1v) is 3.85. The molecule has 1 rings (SSSR count). The van der Waals surface area contributed by atoms with Gasteiger partial charge in [0.2, 0.25) is 0 Å². The zero-order valence-electron chi connectivity index (χ0n) is 7.41. The second-order valence-electron chi connectivity index (χ2n) is 2.79. The lowest BCUT2D eigenvalue weighted by Gasteiger charge is -2.08. The molecule has 1 heterocycles. The van der Waals surface area contributed by atoms with Gasteiger partial charge in [0, 0.05) is 6.20 Å². The molecule has 0 aliphatic heterocycles. The quantitative estimate of drug-likeness (QED) is 0.698. The Labute approximate surface area is 75.8 Å². The molecule has 1 aromatic rings. The summed E-state index contributed by atoms with van der Waals surface area (Å²) in [5.41, 5.74) is 0.189. The van der Waals surface area contributed by atoms with Crippen molar-refractivity contribution in [3.63, 3.8) is 0 Å². The summed E-state index contributed by atoms with van der Waals surface area (Å²) in [7, 11) is 0. The van der Waals surface area contributed by atoms with E-state index in [1.807, 2.05) is 0 Å². The van der Waals surface area contributed by atoms with Crippen molar-refractivity contribution in [2.45, 2.75) is 20.0 Å². The molecule has 4 heteroatoms. The number of nitrogens with zero attached hydrogens (tertiary/aromatic N) is 2. The van der Waals surface area contributed by atoms with Crippen molar-refractivity contribution in [2.24, 2.45) is 0 Å². The number of hydrogen-bond donors (Lipinski definition) is 0. The van der Waals surface area contributed by atoms with Crippen LogP contribution in [-0.4, -0.2) is 11.1 Å². The molecule has 3 nitrogen and oxygen atoms in total. The average Bonchev–Trinajstić information content (AvgIpc) is 2.08. The third-order valence-corrected chi connectivity index (χ3v) is 1.28. The zero-order valence-corrected chi connectivity index (χ0v) is 7.41. The number of ether oxygens (including phenoxy) is 1. The van der Waals surface area contributed by atoms with Crippen LogP contribution in [0.15, 0.2) is 12.3 Å². The minimum atomic E-state index is -0.604. The third kappa shape index (κ3) is 2.41. The monoisotopic (exact) mass is 180 g/mol. The fraction of sp³-hybridized carbons (Fsp3) is 0.333. The van der Waals surface area contributed by atoms with E-state index in [-0.39, 0.29) is 17.5 Å². The molecule has 0 amide bonds. The molecule has 0 aromatic carbocycles. The zero-order chi connectivity index (χ0) is 9.84. The van der Waals surface area contributed by atoms with E-state index in [1.54, 1.807) is 19.9 Å². The number of halogens is 1. The van der Waals surface area contributed by atoms with Crippen LogP contribution in [0.4, 0.5) is 4.39 Å². The van der Waals surface area contributed by atoms with Crippen LogP contribution < -0.4 is 4.74 Å². The Morgan fingerprint density at radius 1 is 1.62 bits per heavy atom. The highest BCUT2D eigenvalue weighted by atomic mass is 19.1. The van der Waals surface area contributed by atoms with Crippen LogP contribution in [0.1, 0.15) is 19.4 Å². The number of aromatic nitrogens is 1. The van der Waals surface area contributed by atoms with Gasteiger partial charge in [-0.05, 0) is 19.9 Å². The lowest BCUT2D eigenvalue weighted by Crippen LogP contribution is -2.08. The van der Waals surface area contributed by atoms with Crippen molar-refractivity contribution in [1.29, 1.82) is 5.26 Å². The van der Waals surface area contributed by atoms with E-state index < -0.39 is 5.82 Å². The van der Waals surface area contributed by atoms with Crippen molar-refractivity contribution >= 4 is 0 Å². The van der Waals surface area contributed by atoms with Crippen LogP contribution in [0.2, 0.25) is 0 Å². The molecule has 0 radical (unpaired) electrons. The van der Waals surface area contributed by atoms with Crippen molar-refractivity contribution in [3.8, 4) is 11.9 Å². The van der Waals surface area contributed by atoms with Crippen molar-refractivity contribution in [3.05, 3.63) is 23.6 Å². The SMILES string of the molecule is CC(C)Oc1ncc(C#N)cc1F. The summed E-state index contributed by atoms with van der Waals surface area (Å²) < 4.78 is 18.1. The second-order valence-corrected chi connectivity index (χ2v) is 2.79. The van der Waals surface area contributed by atoms with E-state index in [4.69, 9.17) is 10.00 Å². The molecule has 0 unspecified atom stereocenters. The predicted molar refractivity (Wildman–Crippen MR) is 44.7 cm³/mol. The Kier molecular flexibility index (Phi) is 2.80. The van der Waals surface area contributed by atoms with E-state index in [9.17, 15) is 4.39 Å². The van der Waals surface area contributed by atoms with E-state index in [2.05, 4.69) is 4.98 Å². The topological polar surface area (TPSA) is 45.9 Å². The summed E-state index contributed by atoms with van der Waals surface area (Å²) in [5.74, 6) is -0.665. The molecule has 0 aliphatic rings. The summed E-state index contributed by atoms with van der Waals surface area (Å²) in [6, 6.07) is 2.89. The number of rotatable bonds is 2. The van der Waals surface area contributed by atoms with E-state index in [0.717, 1.165) is 6.07 Å². The van der Waals surface area contributed by atoms with Gasteiger partial charge in [-0.3, -0.25) is 0 Å². The van der Waals surface area contributed by atoms with Gasteiger partial charge in [-0.25, -0.2) is 9.37 Å². The molecule has 0 aliphatic carbocycles. The van der Waals surface area contributed by atoms with Gasteiger partial charge in [0.15, 0.2) is 5.82 Å². The molecule has 0 bridgehead atoms. The summed E-state index contributed by atoms with van der Waals surface area (Å²) in [4.78, 5) is 3.67. The summed E-state index contributed by atoms with van der Waals surface area (Å²) in [6.45, 7) is 3.55. The number of nitriles is 1. The predicted octanol–water partition coefficient (Wildman–Crippen LogP) is 1.88. The summed E-state index contributed by atoms with van der Waals surface area (Å²) in [6.07, 6.45) is 1.15.